The molecule has 0 unspecified atom stereocenters. The summed E-state index contributed by atoms with van der Waals surface area (Å²) in [6.07, 6.45) is -8.29. The van der Waals surface area contributed by atoms with Gasteiger partial charge in [-0.15, -0.1) is 0 Å². The zero-order chi connectivity index (χ0) is 27.1. The fraction of sp³-hybridized carbons (Fsp3) is 0.381. The van der Waals surface area contributed by atoms with E-state index in [1.807, 2.05) is 4.72 Å². The van der Waals surface area contributed by atoms with Crippen LogP contribution in [0.2, 0.25) is 5.02 Å². The van der Waals surface area contributed by atoms with Crippen molar-refractivity contribution in [2.75, 3.05) is 24.4 Å². The summed E-state index contributed by atoms with van der Waals surface area (Å²) in [7, 11) is -4.32. The normalized spacial score (nSPS) is 15.0. The smallest absolute Gasteiger partial charge is 0.490 e. The quantitative estimate of drug-likeness (QED) is 0.420. The van der Waals surface area contributed by atoms with E-state index in [0.29, 0.717) is 0 Å². The highest BCUT2D eigenvalue weighted by Gasteiger charge is 2.39. The molecular weight excluding hydrogens is 542 g/mol. The van der Waals surface area contributed by atoms with Gasteiger partial charge in [-0.1, -0.05) is 29.8 Å². The Morgan fingerprint density at radius 2 is 1.64 bits per heavy atom. The van der Waals surface area contributed by atoms with Crippen molar-refractivity contribution in [3.8, 4) is 5.75 Å². The maximum atomic E-state index is 13.8. The molecule has 3 rings (SSSR count). The summed E-state index contributed by atoms with van der Waals surface area (Å²) < 4.78 is 106. The molecule has 0 amide bonds. The molecule has 3 N–H and O–H groups in total. The number of ether oxygens (including phenoxy) is 1. The molecule has 0 atom stereocenters. The topological polar surface area (TPSA) is 105 Å². The van der Waals surface area contributed by atoms with Crippen molar-refractivity contribution in [3.63, 3.8) is 0 Å². The van der Waals surface area contributed by atoms with Gasteiger partial charge in [0.15, 0.2) is 0 Å². The van der Waals surface area contributed by atoms with E-state index in [2.05, 4.69) is 5.32 Å². The molecule has 200 valence electrons. The Labute approximate surface area is 207 Å². The van der Waals surface area contributed by atoms with E-state index in [0.717, 1.165) is 32.0 Å². The minimum Gasteiger partial charge on any atom is -0.493 e. The van der Waals surface area contributed by atoms with Gasteiger partial charge >= 0.3 is 18.3 Å². The standard InChI is InChI=1S/C19H20ClF3N2O3S.C2HF3O2/c20-14-4-1-2-7-17(14)29(26,27)25-15-5-3-6-16(18(15)19(21,22)23)28-12-13-8-10-24-11-9-13;3-2(4,5)1(6)7/h1-7,13,24-25H,8-12H2;(H,6,7). The highest BCUT2D eigenvalue weighted by Crippen LogP contribution is 2.42. The number of piperidine rings is 1. The summed E-state index contributed by atoms with van der Waals surface area (Å²) in [5.41, 5.74) is -1.77. The molecule has 1 saturated heterocycles. The highest BCUT2D eigenvalue weighted by atomic mass is 35.5. The minimum atomic E-state index is -5.08. The first-order valence-corrected chi connectivity index (χ1v) is 12.1. The third kappa shape index (κ3) is 8.45. The third-order valence-corrected chi connectivity index (χ3v) is 6.72. The van der Waals surface area contributed by atoms with Gasteiger partial charge in [-0.3, -0.25) is 4.72 Å². The van der Waals surface area contributed by atoms with E-state index in [4.69, 9.17) is 26.2 Å². The third-order valence-electron chi connectivity index (χ3n) is 4.86. The number of benzene rings is 2. The van der Waals surface area contributed by atoms with Crippen molar-refractivity contribution in [2.45, 2.75) is 30.1 Å². The van der Waals surface area contributed by atoms with Gasteiger partial charge in [0.1, 0.15) is 16.2 Å². The molecule has 1 fully saturated rings. The van der Waals surface area contributed by atoms with Crippen molar-refractivity contribution in [1.29, 1.82) is 0 Å². The van der Waals surface area contributed by atoms with Crippen molar-refractivity contribution >= 4 is 33.3 Å². The van der Waals surface area contributed by atoms with Gasteiger partial charge < -0.3 is 15.2 Å². The second-order valence-electron chi connectivity index (χ2n) is 7.52. The van der Waals surface area contributed by atoms with Gasteiger partial charge in [0.25, 0.3) is 10.0 Å². The number of hydrogen-bond donors (Lipinski definition) is 3. The highest BCUT2D eigenvalue weighted by molar-refractivity contribution is 7.92. The summed E-state index contributed by atoms with van der Waals surface area (Å²) in [6, 6.07) is 9.08. The molecule has 1 heterocycles. The number of aliphatic carboxylic acids is 1. The zero-order valence-corrected chi connectivity index (χ0v) is 19.9. The average molecular weight is 563 g/mol. The fourth-order valence-corrected chi connectivity index (χ4v) is 4.74. The molecule has 0 saturated carbocycles. The molecule has 0 spiro atoms. The van der Waals surface area contributed by atoms with Gasteiger partial charge in [0.2, 0.25) is 0 Å². The van der Waals surface area contributed by atoms with Crippen LogP contribution in [0.1, 0.15) is 18.4 Å². The molecule has 7 nitrogen and oxygen atoms in total. The Morgan fingerprint density at radius 3 is 2.17 bits per heavy atom. The number of carboxylic acids is 1. The summed E-state index contributed by atoms with van der Waals surface area (Å²) in [5, 5.41) is 10.2. The molecule has 0 aromatic heterocycles. The molecule has 1 aliphatic heterocycles. The second kappa shape index (κ2) is 12.0. The predicted octanol–water partition coefficient (Wildman–Crippen LogP) is 5.17. The van der Waals surface area contributed by atoms with Crippen molar-refractivity contribution < 1.29 is 49.4 Å². The first kappa shape index (κ1) is 29.5. The van der Waals surface area contributed by atoms with Crippen molar-refractivity contribution in [2.24, 2.45) is 5.92 Å². The summed E-state index contributed by atoms with van der Waals surface area (Å²) >= 11 is 5.90. The number of halogens is 7. The second-order valence-corrected chi connectivity index (χ2v) is 9.58. The molecular formula is C21H21ClF6N2O5S. The number of anilines is 1. The first-order valence-electron chi connectivity index (χ1n) is 10.2. The average Bonchev–Trinajstić information content (AvgIpc) is 2.77. The van der Waals surface area contributed by atoms with E-state index in [-0.39, 0.29) is 22.4 Å². The molecule has 15 heteroatoms. The number of alkyl halides is 6. The molecule has 0 aliphatic carbocycles. The van der Waals surface area contributed by atoms with E-state index in [1.54, 1.807) is 0 Å². The Hall–Kier alpha value is -2.71. The van der Waals surface area contributed by atoms with Gasteiger partial charge in [0.05, 0.1) is 17.3 Å². The SMILES string of the molecule is O=C(O)C(F)(F)F.O=S(=O)(Nc1cccc(OCC2CCNCC2)c1C(F)(F)F)c1ccccc1Cl. The van der Waals surface area contributed by atoms with Crippen LogP contribution in [0.4, 0.5) is 32.0 Å². The molecule has 1 aliphatic rings. The Kier molecular flexibility index (Phi) is 9.85. The first-order chi connectivity index (χ1) is 16.6. The molecule has 0 bridgehead atoms. The fourth-order valence-electron chi connectivity index (χ4n) is 3.15. The van der Waals surface area contributed by atoms with E-state index >= 15 is 0 Å². The van der Waals surface area contributed by atoms with E-state index < -0.39 is 45.3 Å². The summed E-state index contributed by atoms with van der Waals surface area (Å²) in [4.78, 5) is 8.59. The summed E-state index contributed by atoms with van der Waals surface area (Å²) in [6.45, 7) is 1.71. The lowest BCUT2D eigenvalue weighted by atomic mass is 9.99. The van der Waals surface area contributed by atoms with Crippen LogP contribution < -0.4 is 14.8 Å². The van der Waals surface area contributed by atoms with E-state index in [1.165, 1.54) is 36.4 Å². The van der Waals surface area contributed by atoms with Crippen LogP contribution in [0.25, 0.3) is 0 Å². The Balaban J connectivity index is 0.000000572. The predicted molar refractivity (Wildman–Crippen MR) is 118 cm³/mol. The van der Waals surface area contributed by atoms with Crippen molar-refractivity contribution in [3.05, 3.63) is 53.1 Å². The van der Waals surface area contributed by atoms with Crippen LogP contribution in [0.3, 0.4) is 0 Å². The largest absolute Gasteiger partial charge is 0.493 e. The van der Waals surface area contributed by atoms with Crippen LogP contribution in [0.5, 0.6) is 5.75 Å². The van der Waals surface area contributed by atoms with Crippen LogP contribution in [-0.2, 0) is 21.0 Å². The molecule has 36 heavy (non-hydrogen) atoms. The molecule has 0 radical (unpaired) electrons. The van der Waals surface area contributed by atoms with Gasteiger partial charge in [-0.25, -0.2) is 13.2 Å². The Morgan fingerprint density at radius 1 is 1.06 bits per heavy atom. The van der Waals surface area contributed by atoms with Gasteiger partial charge in [0, 0.05) is 0 Å². The van der Waals surface area contributed by atoms with Crippen LogP contribution in [-0.4, -0.2) is 45.4 Å². The van der Waals surface area contributed by atoms with Crippen LogP contribution >= 0.6 is 11.6 Å². The number of rotatable bonds is 6. The maximum Gasteiger partial charge on any atom is 0.490 e. The zero-order valence-electron chi connectivity index (χ0n) is 18.3. The van der Waals surface area contributed by atoms with Crippen LogP contribution in [0.15, 0.2) is 47.4 Å². The molecule has 2 aromatic rings. The lowest BCUT2D eigenvalue weighted by Crippen LogP contribution is -2.30. The van der Waals surface area contributed by atoms with Crippen LogP contribution in [0, 0.1) is 5.92 Å². The number of carboxylic acid groups (broad SMARTS) is 1. The molecule has 2 aromatic carbocycles. The number of sulfonamides is 1. The lowest BCUT2D eigenvalue weighted by Gasteiger charge is -2.24. The number of hydrogen-bond acceptors (Lipinski definition) is 5. The minimum absolute atomic E-state index is 0.0909. The number of carbonyl (C=O) groups is 1. The monoisotopic (exact) mass is 562 g/mol. The summed E-state index contributed by atoms with van der Waals surface area (Å²) in [5.74, 6) is -3.02. The maximum absolute atomic E-state index is 13.8. The van der Waals surface area contributed by atoms with E-state index in [9.17, 15) is 34.8 Å². The van der Waals surface area contributed by atoms with Gasteiger partial charge in [-0.05, 0) is 56.1 Å². The van der Waals surface area contributed by atoms with Gasteiger partial charge in [-0.2, -0.15) is 26.3 Å². The lowest BCUT2D eigenvalue weighted by molar-refractivity contribution is -0.192. The Bertz CT molecular complexity index is 1150. The van der Waals surface area contributed by atoms with Crippen molar-refractivity contribution in [1.82, 2.24) is 5.32 Å². The number of nitrogens with one attached hydrogen (secondary N) is 2.